The molecule has 0 aliphatic carbocycles. The Bertz CT molecular complexity index is 666. The molecule has 23 heavy (non-hydrogen) atoms. The van der Waals surface area contributed by atoms with Crippen molar-refractivity contribution in [2.24, 2.45) is 17.4 Å². The van der Waals surface area contributed by atoms with E-state index in [9.17, 15) is 4.79 Å². The zero-order valence-electron chi connectivity index (χ0n) is 14.2. The first-order valence-corrected chi connectivity index (χ1v) is 8.61. The largest absolute Gasteiger partial charge is 0.368 e. The number of unbranched alkanes of at least 4 members (excludes halogenated alkanes) is 1. The second kappa shape index (κ2) is 8.11. The maximum absolute atomic E-state index is 11.5. The van der Waals surface area contributed by atoms with Crippen molar-refractivity contribution in [2.75, 3.05) is 0 Å². The molecule has 2 aromatic carbocycles. The van der Waals surface area contributed by atoms with Crippen molar-refractivity contribution in [3.63, 3.8) is 0 Å². The summed E-state index contributed by atoms with van der Waals surface area (Å²) in [6, 6.07) is 12.5. The molecule has 2 aromatic rings. The molecule has 0 spiro atoms. The monoisotopic (exact) mass is 312 g/mol. The predicted molar refractivity (Wildman–Crippen MR) is 97.2 cm³/mol. The lowest BCUT2D eigenvalue weighted by Gasteiger charge is -2.21. The van der Waals surface area contributed by atoms with Crippen LogP contribution in [-0.2, 0) is 17.6 Å². The highest BCUT2D eigenvalue weighted by atomic mass is 16.1. The van der Waals surface area contributed by atoms with Crippen LogP contribution in [0.3, 0.4) is 0 Å². The van der Waals surface area contributed by atoms with E-state index in [-0.39, 0.29) is 5.92 Å². The molecule has 2 rings (SSSR count). The third-order valence-electron chi connectivity index (χ3n) is 4.64. The standard InChI is InChI=1S/C20H28N2O/c1-3-5-6-18(19(21)20(22)23)13-15-8-10-16-11-14(4-2)7-9-17(16)12-15/h7-12,18-19H,3-6,13,21H2,1-2H3,(H2,22,23). The van der Waals surface area contributed by atoms with E-state index in [1.807, 2.05) is 0 Å². The van der Waals surface area contributed by atoms with E-state index in [2.05, 4.69) is 50.2 Å². The Kier molecular flexibility index (Phi) is 6.17. The molecule has 3 nitrogen and oxygen atoms in total. The fourth-order valence-corrected chi connectivity index (χ4v) is 3.10. The lowest BCUT2D eigenvalue weighted by molar-refractivity contribution is -0.120. The summed E-state index contributed by atoms with van der Waals surface area (Å²) in [5.41, 5.74) is 14.0. The number of nitrogens with two attached hydrogens (primary N) is 2. The SMILES string of the molecule is CCCCC(Cc1ccc2cc(CC)ccc2c1)C(N)C(N)=O. The van der Waals surface area contributed by atoms with E-state index in [1.54, 1.807) is 0 Å². The van der Waals surface area contributed by atoms with E-state index < -0.39 is 11.9 Å². The molecule has 1 amide bonds. The number of hydrogen-bond acceptors (Lipinski definition) is 2. The summed E-state index contributed by atoms with van der Waals surface area (Å²) in [5, 5.41) is 2.50. The number of rotatable bonds is 8. The van der Waals surface area contributed by atoms with E-state index >= 15 is 0 Å². The normalized spacial score (nSPS) is 13.9. The van der Waals surface area contributed by atoms with Gasteiger partial charge in [-0.25, -0.2) is 0 Å². The molecule has 0 saturated heterocycles. The average molecular weight is 312 g/mol. The minimum atomic E-state index is -0.570. The number of carbonyl (C=O) groups is 1. The summed E-state index contributed by atoms with van der Waals surface area (Å²) in [6.45, 7) is 4.31. The van der Waals surface area contributed by atoms with Crippen LogP contribution in [0.1, 0.15) is 44.2 Å². The summed E-state index contributed by atoms with van der Waals surface area (Å²) in [4.78, 5) is 11.5. The topological polar surface area (TPSA) is 69.1 Å². The maximum atomic E-state index is 11.5. The van der Waals surface area contributed by atoms with Crippen LogP contribution in [0.15, 0.2) is 36.4 Å². The molecule has 4 N–H and O–H groups in total. The smallest absolute Gasteiger partial charge is 0.234 e. The summed E-state index contributed by atoms with van der Waals surface area (Å²) in [7, 11) is 0. The van der Waals surface area contributed by atoms with Crippen LogP contribution in [0.5, 0.6) is 0 Å². The summed E-state index contributed by atoms with van der Waals surface area (Å²) in [5.74, 6) is -0.292. The minimum absolute atomic E-state index is 0.111. The number of benzene rings is 2. The first-order valence-electron chi connectivity index (χ1n) is 8.61. The van der Waals surface area contributed by atoms with Gasteiger partial charge in [0.15, 0.2) is 0 Å². The van der Waals surface area contributed by atoms with Gasteiger partial charge >= 0.3 is 0 Å². The first-order chi connectivity index (χ1) is 11.0. The molecule has 2 unspecified atom stereocenters. The van der Waals surface area contributed by atoms with Gasteiger partial charge in [-0.15, -0.1) is 0 Å². The molecule has 0 radical (unpaired) electrons. The number of amides is 1. The summed E-state index contributed by atoms with van der Waals surface area (Å²) in [6.07, 6.45) is 4.95. The second-order valence-corrected chi connectivity index (χ2v) is 6.40. The first kappa shape index (κ1) is 17.5. The zero-order chi connectivity index (χ0) is 16.8. The van der Waals surface area contributed by atoms with Crippen LogP contribution in [0.4, 0.5) is 0 Å². The fourth-order valence-electron chi connectivity index (χ4n) is 3.10. The number of hydrogen-bond donors (Lipinski definition) is 2. The molecule has 0 aliphatic rings. The van der Waals surface area contributed by atoms with Crippen LogP contribution >= 0.6 is 0 Å². The Morgan fingerprint density at radius 2 is 1.65 bits per heavy atom. The number of carbonyl (C=O) groups excluding carboxylic acids is 1. The highest BCUT2D eigenvalue weighted by Gasteiger charge is 2.22. The van der Waals surface area contributed by atoms with Crippen LogP contribution in [0.2, 0.25) is 0 Å². The molecule has 2 atom stereocenters. The Balaban J connectivity index is 2.21. The number of fused-ring (bicyclic) bond motifs is 1. The Morgan fingerprint density at radius 3 is 2.22 bits per heavy atom. The highest BCUT2D eigenvalue weighted by molar-refractivity contribution is 5.84. The van der Waals surface area contributed by atoms with Gasteiger partial charge in [0.1, 0.15) is 0 Å². The van der Waals surface area contributed by atoms with Gasteiger partial charge in [-0.2, -0.15) is 0 Å². The van der Waals surface area contributed by atoms with Gasteiger partial charge in [-0.05, 0) is 47.1 Å². The minimum Gasteiger partial charge on any atom is -0.368 e. The third kappa shape index (κ3) is 4.55. The number of primary amides is 1. The van der Waals surface area contributed by atoms with Crippen molar-refractivity contribution in [1.82, 2.24) is 0 Å². The van der Waals surface area contributed by atoms with Crippen molar-refractivity contribution in [2.45, 2.75) is 52.0 Å². The predicted octanol–water partition coefficient (Wildman–Crippen LogP) is 3.56. The van der Waals surface area contributed by atoms with Gasteiger partial charge in [-0.1, -0.05) is 63.1 Å². The van der Waals surface area contributed by atoms with E-state index in [1.165, 1.54) is 21.9 Å². The van der Waals surface area contributed by atoms with Crippen LogP contribution in [0.25, 0.3) is 10.8 Å². The van der Waals surface area contributed by atoms with Gasteiger partial charge in [0.05, 0.1) is 6.04 Å². The van der Waals surface area contributed by atoms with E-state index in [0.29, 0.717) is 0 Å². The van der Waals surface area contributed by atoms with E-state index in [4.69, 9.17) is 11.5 Å². The molecule has 0 aliphatic heterocycles. The molecule has 124 valence electrons. The van der Waals surface area contributed by atoms with Gasteiger partial charge in [0, 0.05) is 0 Å². The number of aryl methyl sites for hydroxylation is 1. The Labute approximate surface area is 139 Å². The molecule has 0 saturated carbocycles. The molecular weight excluding hydrogens is 284 g/mol. The zero-order valence-corrected chi connectivity index (χ0v) is 14.2. The fraction of sp³-hybridized carbons (Fsp3) is 0.450. The van der Waals surface area contributed by atoms with Crippen LogP contribution in [0, 0.1) is 5.92 Å². The molecule has 0 bridgehead atoms. The van der Waals surface area contributed by atoms with Crippen molar-refractivity contribution in [1.29, 1.82) is 0 Å². The lowest BCUT2D eigenvalue weighted by atomic mass is 9.87. The van der Waals surface area contributed by atoms with Crippen molar-refractivity contribution in [3.8, 4) is 0 Å². The highest BCUT2D eigenvalue weighted by Crippen LogP contribution is 2.23. The van der Waals surface area contributed by atoms with Crippen molar-refractivity contribution < 1.29 is 4.79 Å². The van der Waals surface area contributed by atoms with Gasteiger partial charge in [-0.3, -0.25) is 4.79 Å². The van der Waals surface area contributed by atoms with Crippen LogP contribution < -0.4 is 11.5 Å². The van der Waals surface area contributed by atoms with Crippen molar-refractivity contribution in [3.05, 3.63) is 47.5 Å². The molecular formula is C20H28N2O. The lowest BCUT2D eigenvalue weighted by Crippen LogP contribution is -2.43. The quantitative estimate of drug-likeness (QED) is 0.782. The van der Waals surface area contributed by atoms with Crippen LogP contribution in [-0.4, -0.2) is 11.9 Å². The average Bonchev–Trinajstić information content (AvgIpc) is 2.57. The molecule has 3 heteroatoms. The summed E-state index contributed by atoms with van der Waals surface area (Å²) < 4.78 is 0. The molecule has 0 fully saturated rings. The van der Waals surface area contributed by atoms with Gasteiger partial charge < -0.3 is 11.5 Å². The maximum Gasteiger partial charge on any atom is 0.234 e. The molecule has 0 heterocycles. The van der Waals surface area contributed by atoms with E-state index in [0.717, 1.165) is 32.1 Å². The van der Waals surface area contributed by atoms with Gasteiger partial charge in [0.25, 0.3) is 0 Å². The van der Waals surface area contributed by atoms with Crippen molar-refractivity contribution >= 4 is 16.7 Å². The Morgan fingerprint density at radius 1 is 1.04 bits per heavy atom. The molecule has 0 aromatic heterocycles. The summed E-state index contributed by atoms with van der Waals surface area (Å²) >= 11 is 0. The Hall–Kier alpha value is -1.87. The third-order valence-corrected chi connectivity index (χ3v) is 4.64. The second-order valence-electron chi connectivity index (χ2n) is 6.40. The van der Waals surface area contributed by atoms with Gasteiger partial charge in [0.2, 0.25) is 5.91 Å².